The number of methoxy groups -OCH3 is 1. The summed E-state index contributed by atoms with van der Waals surface area (Å²) in [6.45, 7) is 1.95. The number of nitrogens with zero attached hydrogens (tertiary/aromatic N) is 1. The predicted octanol–water partition coefficient (Wildman–Crippen LogP) is 2.93. The van der Waals surface area contributed by atoms with Gasteiger partial charge in [0.15, 0.2) is 0 Å². The number of rotatable bonds is 11. The van der Waals surface area contributed by atoms with Crippen molar-refractivity contribution < 1.29 is 29.0 Å². The molecular weight excluding hydrogens is 478 g/mol. The van der Waals surface area contributed by atoms with E-state index in [1.54, 1.807) is 42.6 Å². The van der Waals surface area contributed by atoms with Gasteiger partial charge in [-0.2, -0.15) is 0 Å². The van der Waals surface area contributed by atoms with Crippen LogP contribution in [-0.2, 0) is 16.0 Å². The van der Waals surface area contributed by atoms with Gasteiger partial charge in [0.25, 0.3) is 17.0 Å². The molecule has 11 heteroatoms. The summed E-state index contributed by atoms with van der Waals surface area (Å²) < 4.78 is 10.4. The van der Waals surface area contributed by atoms with Crippen molar-refractivity contribution in [3.63, 3.8) is 0 Å². The molecule has 180 valence electrons. The molecule has 0 saturated carbocycles. The van der Waals surface area contributed by atoms with E-state index >= 15 is 0 Å². The molecular formula is C23H25N3O6S2. The second kappa shape index (κ2) is 12.1. The largest absolute Gasteiger partial charge is 0.508 e. The fourth-order valence-corrected chi connectivity index (χ4v) is 4.53. The Kier molecular flexibility index (Phi) is 9.00. The lowest BCUT2D eigenvalue weighted by Crippen LogP contribution is -2.48. The van der Waals surface area contributed by atoms with Gasteiger partial charge in [-0.1, -0.05) is 29.5 Å². The Bertz CT molecular complexity index is 1130. The molecule has 2 amide bonds. The molecule has 34 heavy (non-hydrogen) atoms. The van der Waals surface area contributed by atoms with E-state index < -0.39 is 17.9 Å². The summed E-state index contributed by atoms with van der Waals surface area (Å²) in [7, 11) is 1.21. The van der Waals surface area contributed by atoms with Gasteiger partial charge < -0.3 is 25.2 Å². The Hall–Kier alpha value is -3.44. The number of carbonyl (C=O) groups is 3. The molecule has 1 atom stereocenters. The van der Waals surface area contributed by atoms with Crippen molar-refractivity contribution >= 4 is 40.5 Å². The molecule has 3 aromatic rings. The quantitative estimate of drug-likeness (QED) is 0.271. The molecule has 0 unspecified atom stereocenters. The van der Waals surface area contributed by atoms with Crippen LogP contribution in [0.3, 0.4) is 0 Å². The first-order chi connectivity index (χ1) is 16.4. The predicted molar refractivity (Wildman–Crippen MR) is 129 cm³/mol. The van der Waals surface area contributed by atoms with Crippen molar-refractivity contribution in [2.24, 2.45) is 0 Å². The summed E-state index contributed by atoms with van der Waals surface area (Å²) >= 11 is 2.35. The highest BCUT2D eigenvalue weighted by Gasteiger charge is 2.25. The number of thiazole rings is 1. The number of benzene rings is 1. The van der Waals surface area contributed by atoms with Crippen LogP contribution in [0.2, 0.25) is 0 Å². The fourth-order valence-electron chi connectivity index (χ4n) is 3.04. The number of nitrogens with one attached hydrogen (secondary N) is 2. The third-order valence-corrected chi connectivity index (χ3v) is 6.67. The highest BCUT2D eigenvalue weighted by molar-refractivity contribution is 7.15. The Labute approximate surface area is 204 Å². The van der Waals surface area contributed by atoms with Crippen molar-refractivity contribution in [1.29, 1.82) is 0 Å². The van der Waals surface area contributed by atoms with E-state index in [-0.39, 0.29) is 18.2 Å². The van der Waals surface area contributed by atoms with Gasteiger partial charge in [0.1, 0.15) is 16.7 Å². The molecule has 3 N–H and O–H groups in total. The van der Waals surface area contributed by atoms with E-state index in [9.17, 15) is 19.5 Å². The van der Waals surface area contributed by atoms with Crippen molar-refractivity contribution in [3.8, 4) is 10.9 Å². The molecule has 0 aliphatic carbocycles. The summed E-state index contributed by atoms with van der Waals surface area (Å²) in [5, 5.41) is 16.9. The minimum Gasteiger partial charge on any atom is -0.508 e. The number of phenols is 1. The van der Waals surface area contributed by atoms with E-state index in [1.165, 1.54) is 18.4 Å². The van der Waals surface area contributed by atoms with E-state index in [1.807, 2.05) is 6.07 Å². The van der Waals surface area contributed by atoms with Crippen LogP contribution in [-0.4, -0.2) is 54.2 Å². The average Bonchev–Trinajstić information content (AvgIpc) is 3.49. The number of aromatic hydroxyl groups is 1. The topological polar surface area (TPSA) is 127 Å². The van der Waals surface area contributed by atoms with Gasteiger partial charge in [-0.15, -0.1) is 11.3 Å². The zero-order chi connectivity index (χ0) is 24.5. The average molecular weight is 504 g/mol. The molecule has 0 saturated heterocycles. The molecule has 2 heterocycles. The van der Waals surface area contributed by atoms with Crippen molar-refractivity contribution in [2.45, 2.75) is 25.8 Å². The van der Waals surface area contributed by atoms with Crippen LogP contribution in [0.4, 0.5) is 0 Å². The monoisotopic (exact) mass is 503 g/mol. The normalized spacial score (nSPS) is 11.5. The van der Waals surface area contributed by atoms with Gasteiger partial charge in [-0.3, -0.25) is 9.59 Å². The minimum atomic E-state index is -1.06. The van der Waals surface area contributed by atoms with E-state index in [0.717, 1.165) is 23.3 Å². The highest BCUT2D eigenvalue weighted by Crippen LogP contribution is 2.25. The number of hydrogen-bond donors (Lipinski definition) is 3. The van der Waals surface area contributed by atoms with Gasteiger partial charge in [0.2, 0.25) is 0 Å². The SMILES string of the molecule is COC(=O)[C@H](CNC(=O)c1cccs1)NC(=O)c1sc(OCCCc2cccc(O)c2)nc1C. The Morgan fingerprint density at radius 3 is 2.71 bits per heavy atom. The number of carbonyl (C=O) groups excluding carboxylic acids is 3. The van der Waals surface area contributed by atoms with Crippen molar-refractivity contribution in [3.05, 3.63) is 62.8 Å². The summed E-state index contributed by atoms with van der Waals surface area (Å²) in [5.74, 6) is -1.30. The summed E-state index contributed by atoms with van der Waals surface area (Å²) in [4.78, 5) is 42.2. The van der Waals surface area contributed by atoms with Crippen LogP contribution < -0.4 is 15.4 Å². The van der Waals surface area contributed by atoms with Gasteiger partial charge in [0.05, 0.1) is 24.3 Å². The number of hydrogen-bond acceptors (Lipinski definition) is 9. The zero-order valence-electron chi connectivity index (χ0n) is 18.7. The van der Waals surface area contributed by atoms with Crippen LogP contribution in [0.15, 0.2) is 41.8 Å². The first kappa shape index (κ1) is 25.2. The van der Waals surface area contributed by atoms with Gasteiger partial charge >= 0.3 is 5.97 Å². The maximum Gasteiger partial charge on any atom is 0.330 e. The third-order valence-electron chi connectivity index (χ3n) is 4.73. The van der Waals surface area contributed by atoms with Crippen LogP contribution >= 0.6 is 22.7 Å². The second-order valence-corrected chi connectivity index (χ2v) is 9.16. The second-order valence-electron chi connectivity index (χ2n) is 7.25. The maximum absolute atomic E-state index is 12.8. The lowest BCUT2D eigenvalue weighted by Gasteiger charge is -2.16. The number of esters is 1. The third kappa shape index (κ3) is 7.03. The maximum atomic E-state index is 12.8. The molecule has 0 bridgehead atoms. The van der Waals surface area contributed by atoms with Crippen LogP contribution in [0, 0.1) is 6.92 Å². The van der Waals surface area contributed by atoms with Crippen LogP contribution in [0.1, 0.15) is 37.0 Å². The number of aromatic nitrogens is 1. The molecule has 0 fully saturated rings. The first-order valence-corrected chi connectivity index (χ1v) is 12.2. The molecule has 0 radical (unpaired) electrons. The number of ether oxygens (including phenoxy) is 2. The molecule has 0 aliphatic heterocycles. The van der Waals surface area contributed by atoms with Crippen molar-refractivity contribution in [2.75, 3.05) is 20.3 Å². The van der Waals surface area contributed by atoms with Crippen LogP contribution in [0.5, 0.6) is 10.9 Å². The first-order valence-electron chi connectivity index (χ1n) is 10.5. The number of phenolic OH excluding ortho intramolecular Hbond substituents is 1. The summed E-state index contributed by atoms with van der Waals surface area (Å²) in [6.07, 6.45) is 1.43. The Morgan fingerprint density at radius 2 is 2.00 bits per heavy atom. The standard InChI is InChI=1S/C23H25N3O6S2/c1-14-19(34-23(25-14)32-10-4-7-15-6-3-8-16(27)12-15)21(29)26-17(22(30)31-2)13-24-20(28)18-9-5-11-33-18/h3,5-6,8-9,11-12,17,27H,4,7,10,13H2,1-2H3,(H,24,28)(H,26,29)/t17-/m0/s1. The van der Waals surface area contributed by atoms with Gasteiger partial charge in [0, 0.05) is 6.54 Å². The van der Waals surface area contributed by atoms with E-state index in [4.69, 9.17) is 9.47 Å². The molecule has 9 nitrogen and oxygen atoms in total. The smallest absolute Gasteiger partial charge is 0.330 e. The zero-order valence-corrected chi connectivity index (χ0v) is 20.3. The van der Waals surface area contributed by atoms with Crippen molar-refractivity contribution in [1.82, 2.24) is 15.6 Å². The lowest BCUT2D eigenvalue weighted by molar-refractivity contribution is -0.142. The number of thiophene rings is 1. The molecule has 0 aliphatic rings. The molecule has 3 rings (SSSR count). The van der Waals surface area contributed by atoms with Gasteiger partial charge in [-0.25, -0.2) is 9.78 Å². The molecule has 2 aromatic heterocycles. The highest BCUT2D eigenvalue weighted by atomic mass is 32.1. The van der Waals surface area contributed by atoms with E-state index in [2.05, 4.69) is 15.6 Å². The van der Waals surface area contributed by atoms with Crippen LogP contribution in [0.25, 0.3) is 0 Å². The minimum absolute atomic E-state index is 0.120. The molecule has 1 aromatic carbocycles. The Morgan fingerprint density at radius 1 is 1.18 bits per heavy atom. The summed E-state index contributed by atoms with van der Waals surface area (Å²) in [5.41, 5.74) is 1.47. The fraction of sp³-hybridized carbons (Fsp3) is 0.304. The lowest BCUT2D eigenvalue weighted by atomic mass is 10.1. The Balaban J connectivity index is 1.53. The molecule has 0 spiro atoms. The van der Waals surface area contributed by atoms with E-state index in [0.29, 0.717) is 33.7 Å². The number of aryl methyl sites for hydroxylation is 2. The summed E-state index contributed by atoms with van der Waals surface area (Å²) in [6, 6.07) is 9.39. The van der Waals surface area contributed by atoms with Gasteiger partial charge in [-0.05, 0) is 48.9 Å². The number of amides is 2.